The van der Waals surface area contributed by atoms with Crippen LogP contribution in [-0.2, 0) is 6.42 Å². The van der Waals surface area contributed by atoms with Crippen LogP contribution in [0.3, 0.4) is 0 Å². The average molecular weight is 232 g/mol. The topological polar surface area (TPSA) is 3.24 Å². The minimum Gasteiger partial charge on any atom is -0.309 e. The molecule has 1 aromatic rings. The summed E-state index contributed by atoms with van der Waals surface area (Å²) in [4.78, 5) is 2.18. The van der Waals surface area contributed by atoms with Crippen molar-refractivity contribution in [2.75, 3.05) is 20.6 Å². The van der Waals surface area contributed by atoms with Crippen molar-refractivity contribution in [3.8, 4) is 0 Å². The summed E-state index contributed by atoms with van der Waals surface area (Å²) in [7, 11) is 4.16. The molecule has 0 spiro atoms. The van der Waals surface area contributed by atoms with Crippen molar-refractivity contribution < 1.29 is 0 Å². The Morgan fingerprint density at radius 3 is 2.43 bits per heavy atom. The van der Waals surface area contributed by atoms with E-state index >= 15 is 0 Å². The van der Waals surface area contributed by atoms with Gasteiger partial charge in [-0.05, 0) is 51.2 Å². The van der Waals surface area contributed by atoms with Crippen LogP contribution >= 0.6 is 23.2 Å². The Hall–Kier alpha value is -0.240. The Morgan fingerprint density at radius 1 is 1.14 bits per heavy atom. The highest BCUT2D eigenvalue weighted by atomic mass is 35.5. The van der Waals surface area contributed by atoms with E-state index in [2.05, 4.69) is 19.0 Å². The number of benzene rings is 1. The number of aryl methyl sites for hydroxylation is 1. The molecule has 0 atom stereocenters. The minimum atomic E-state index is 0.628. The fourth-order valence-corrected chi connectivity index (χ4v) is 1.62. The molecule has 14 heavy (non-hydrogen) atoms. The number of rotatable bonds is 4. The standard InChI is InChI=1S/C11H15Cl2N/c1-14(2)7-3-4-9-5-6-10(12)11(13)8-9/h5-6,8H,3-4,7H2,1-2H3. The molecule has 0 bridgehead atoms. The molecule has 0 fully saturated rings. The average Bonchev–Trinajstić information content (AvgIpc) is 2.10. The molecule has 0 unspecified atom stereocenters. The summed E-state index contributed by atoms with van der Waals surface area (Å²) in [5, 5.41) is 1.28. The monoisotopic (exact) mass is 231 g/mol. The molecular formula is C11H15Cl2N. The maximum atomic E-state index is 5.91. The van der Waals surface area contributed by atoms with Crippen LogP contribution in [0.15, 0.2) is 18.2 Å². The molecule has 3 heteroatoms. The van der Waals surface area contributed by atoms with Gasteiger partial charge in [0.15, 0.2) is 0 Å². The molecule has 1 aromatic carbocycles. The summed E-state index contributed by atoms with van der Waals surface area (Å²) >= 11 is 11.7. The summed E-state index contributed by atoms with van der Waals surface area (Å²) in [6.07, 6.45) is 2.19. The van der Waals surface area contributed by atoms with Crippen LogP contribution in [0.2, 0.25) is 10.0 Å². The fraction of sp³-hybridized carbons (Fsp3) is 0.455. The third-order valence-corrected chi connectivity index (χ3v) is 2.79. The first kappa shape index (κ1) is 11.8. The molecule has 0 aromatic heterocycles. The number of hydrogen-bond acceptors (Lipinski definition) is 1. The first-order chi connectivity index (χ1) is 6.59. The second-order valence-corrected chi connectivity index (χ2v) is 4.47. The van der Waals surface area contributed by atoms with E-state index < -0.39 is 0 Å². The second-order valence-electron chi connectivity index (χ2n) is 3.66. The lowest BCUT2D eigenvalue weighted by atomic mass is 10.1. The fourth-order valence-electron chi connectivity index (χ4n) is 1.29. The molecule has 0 heterocycles. The Kier molecular flexibility index (Phi) is 4.73. The Morgan fingerprint density at radius 2 is 1.86 bits per heavy atom. The zero-order valence-electron chi connectivity index (χ0n) is 8.56. The first-order valence-electron chi connectivity index (χ1n) is 4.68. The van der Waals surface area contributed by atoms with E-state index in [9.17, 15) is 0 Å². The molecular weight excluding hydrogens is 217 g/mol. The van der Waals surface area contributed by atoms with Gasteiger partial charge in [-0.15, -0.1) is 0 Å². The third-order valence-electron chi connectivity index (χ3n) is 2.05. The summed E-state index contributed by atoms with van der Waals surface area (Å²) < 4.78 is 0. The molecule has 1 rings (SSSR count). The Bertz CT molecular complexity index is 297. The molecule has 0 amide bonds. The third kappa shape index (κ3) is 3.87. The SMILES string of the molecule is CN(C)CCCc1ccc(Cl)c(Cl)c1. The zero-order chi connectivity index (χ0) is 10.6. The van der Waals surface area contributed by atoms with Crippen LogP contribution in [-0.4, -0.2) is 25.5 Å². The van der Waals surface area contributed by atoms with Gasteiger partial charge in [0.05, 0.1) is 10.0 Å². The van der Waals surface area contributed by atoms with E-state index in [0.29, 0.717) is 10.0 Å². The van der Waals surface area contributed by atoms with E-state index in [1.165, 1.54) is 5.56 Å². The van der Waals surface area contributed by atoms with Crippen molar-refractivity contribution in [2.45, 2.75) is 12.8 Å². The summed E-state index contributed by atoms with van der Waals surface area (Å²) in [6.45, 7) is 1.10. The van der Waals surface area contributed by atoms with Gasteiger partial charge in [0.2, 0.25) is 0 Å². The normalized spacial score (nSPS) is 10.9. The molecule has 78 valence electrons. The van der Waals surface area contributed by atoms with E-state index in [-0.39, 0.29) is 0 Å². The molecule has 0 saturated carbocycles. The van der Waals surface area contributed by atoms with E-state index in [4.69, 9.17) is 23.2 Å². The second kappa shape index (κ2) is 5.59. The van der Waals surface area contributed by atoms with Crippen LogP contribution in [0.1, 0.15) is 12.0 Å². The van der Waals surface area contributed by atoms with Gasteiger partial charge in [-0.25, -0.2) is 0 Å². The lowest BCUT2D eigenvalue weighted by molar-refractivity contribution is 0.400. The van der Waals surface area contributed by atoms with Crippen LogP contribution in [0.5, 0.6) is 0 Å². The maximum Gasteiger partial charge on any atom is 0.0595 e. The lowest BCUT2D eigenvalue weighted by Gasteiger charge is -2.09. The van der Waals surface area contributed by atoms with Gasteiger partial charge >= 0.3 is 0 Å². The Labute approximate surface area is 95.6 Å². The molecule has 1 nitrogen and oxygen atoms in total. The van der Waals surface area contributed by atoms with Crippen molar-refractivity contribution in [3.63, 3.8) is 0 Å². The highest BCUT2D eigenvalue weighted by Gasteiger charge is 1.99. The van der Waals surface area contributed by atoms with Gasteiger partial charge in [-0.2, -0.15) is 0 Å². The van der Waals surface area contributed by atoms with Crippen LogP contribution in [0, 0.1) is 0 Å². The largest absolute Gasteiger partial charge is 0.309 e. The molecule has 0 aliphatic carbocycles. The first-order valence-corrected chi connectivity index (χ1v) is 5.44. The van der Waals surface area contributed by atoms with E-state index in [1.54, 1.807) is 0 Å². The van der Waals surface area contributed by atoms with Crippen molar-refractivity contribution in [2.24, 2.45) is 0 Å². The van der Waals surface area contributed by atoms with Gasteiger partial charge in [0, 0.05) is 0 Å². The van der Waals surface area contributed by atoms with Crippen molar-refractivity contribution >= 4 is 23.2 Å². The minimum absolute atomic E-state index is 0.628. The predicted octanol–water partition coefficient (Wildman–Crippen LogP) is 3.49. The van der Waals surface area contributed by atoms with Gasteiger partial charge in [0.1, 0.15) is 0 Å². The van der Waals surface area contributed by atoms with Crippen LogP contribution < -0.4 is 0 Å². The maximum absolute atomic E-state index is 5.91. The van der Waals surface area contributed by atoms with Gasteiger partial charge in [-0.3, -0.25) is 0 Å². The predicted molar refractivity (Wildman–Crippen MR) is 63.3 cm³/mol. The summed E-state index contributed by atoms with van der Waals surface area (Å²) in [5.74, 6) is 0. The molecule has 0 aliphatic heterocycles. The Balaban J connectivity index is 2.47. The van der Waals surface area contributed by atoms with Crippen molar-refractivity contribution in [1.29, 1.82) is 0 Å². The van der Waals surface area contributed by atoms with Crippen LogP contribution in [0.4, 0.5) is 0 Å². The van der Waals surface area contributed by atoms with Gasteiger partial charge in [-0.1, -0.05) is 29.3 Å². The van der Waals surface area contributed by atoms with Gasteiger partial charge < -0.3 is 4.90 Å². The van der Waals surface area contributed by atoms with E-state index in [1.807, 2.05) is 18.2 Å². The molecule has 0 aliphatic rings. The van der Waals surface area contributed by atoms with Gasteiger partial charge in [0.25, 0.3) is 0 Å². The molecule has 0 radical (unpaired) electrons. The molecule has 0 saturated heterocycles. The molecule has 0 N–H and O–H groups in total. The number of nitrogens with zero attached hydrogens (tertiary/aromatic N) is 1. The van der Waals surface area contributed by atoms with E-state index in [0.717, 1.165) is 19.4 Å². The van der Waals surface area contributed by atoms with Crippen LogP contribution in [0.25, 0.3) is 0 Å². The number of halogens is 2. The highest BCUT2D eigenvalue weighted by molar-refractivity contribution is 6.42. The highest BCUT2D eigenvalue weighted by Crippen LogP contribution is 2.23. The summed E-state index contributed by atoms with van der Waals surface area (Å²) in [5.41, 5.74) is 1.25. The van der Waals surface area contributed by atoms with Crippen molar-refractivity contribution in [1.82, 2.24) is 4.90 Å². The summed E-state index contributed by atoms with van der Waals surface area (Å²) in [6, 6.07) is 5.83. The zero-order valence-corrected chi connectivity index (χ0v) is 10.1. The number of hydrogen-bond donors (Lipinski definition) is 0. The van der Waals surface area contributed by atoms with Crippen molar-refractivity contribution in [3.05, 3.63) is 33.8 Å². The lowest BCUT2D eigenvalue weighted by Crippen LogP contribution is -2.13. The quantitative estimate of drug-likeness (QED) is 0.768. The smallest absolute Gasteiger partial charge is 0.0595 e.